The molecule has 0 saturated heterocycles. The van der Waals surface area contributed by atoms with Crippen molar-refractivity contribution >= 4 is 11.6 Å². The molecular weight excluding hydrogens is 244 g/mol. The molecule has 0 aliphatic rings. The van der Waals surface area contributed by atoms with Crippen LogP contribution in [-0.4, -0.2) is 18.6 Å². The van der Waals surface area contributed by atoms with E-state index < -0.39 is 0 Å². The van der Waals surface area contributed by atoms with E-state index in [0.717, 1.165) is 24.5 Å². The number of hydrogen-bond donors (Lipinski definition) is 2. The van der Waals surface area contributed by atoms with E-state index in [0.29, 0.717) is 6.04 Å². The number of hydrogen-bond acceptors (Lipinski definition) is 2. The molecule has 0 aromatic heterocycles. The minimum absolute atomic E-state index is 0.184. The van der Waals surface area contributed by atoms with Crippen LogP contribution in [0.1, 0.15) is 45.7 Å². The molecule has 0 fully saturated rings. The van der Waals surface area contributed by atoms with Crippen LogP contribution in [0.15, 0.2) is 24.3 Å². The molecule has 18 heavy (non-hydrogen) atoms. The van der Waals surface area contributed by atoms with E-state index in [-0.39, 0.29) is 5.54 Å². The Balaban J connectivity index is 2.40. The highest BCUT2D eigenvalue weighted by Gasteiger charge is 2.10. The molecule has 1 atom stereocenters. The summed E-state index contributed by atoms with van der Waals surface area (Å²) in [5.74, 6) is 0. The highest BCUT2D eigenvalue weighted by atomic mass is 35.5. The maximum atomic E-state index is 5.91. The van der Waals surface area contributed by atoms with Crippen LogP contribution in [0.4, 0.5) is 0 Å². The average Bonchev–Trinajstić information content (AvgIpc) is 2.29. The van der Waals surface area contributed by atoms with Crippen molar-refractivity contribution in [1.29, 1.82) is 0 Å². The topological polar surface area (TPSA) is 24.1 Å². The van der Waals surface area contributed by atoms with Gasteiger partial charge < -0.3 is 10.6 Å². The van der Waals surface area contributed by atoms with Gasteiger partial charge in [0.25, 0.3) is 0 Å². The normalized spacial score (nSPS) is 13.6. The van der Waals surface area contributed by atoms with E-state index in [1.54, 1.807) is 0 Å². The number of benzene rings is 1. The fraction of sp³-hybridized carbons (Fsp3) is 0.600. The van der Waals surface area contributed by atoms with Crippen LogP contribution < -0.4 is 10.6 Å². The van der Waals surface area contributed by atoms with E-state index in [9.17, 15) is 0 Å². The van der Waals surface area contributed by atoms with Gasteiger partial charge in [-0.05, 0) is 44.9 Å². The third kappa shape index (κ3) is 5.85. The summed E-state index contributed by atoms with van der Waals surface area (Å²) in [5.41, 5.74) is 1.49. The highest BCUT2D eigenvalue weighted by Crippen LogP contribution is 2.18. The molecule has 2 nitrogen and oxygen atoms in total. The van der Waals surface area contributed by atoms with Crippen LogP contribution in [-0.2, 0) is 0 Å². The summed E-state index contributed by atoms with van der Waals surface area (Å²) in [6.45, 7) is 10.7. The predicted molar refractivity (Wildman–Crippen MR) is 80.2 cm³/mol. The molecule has 0 radical (unpaired) electrons. The van der Waals surface area contributed by atoms with Crippen molar-refractivity contribution in [1.82, 2.24) is 10.6 Å². The van der Waals surface area contributed by atoms with Crippen LogP contribution >= 0.6 is 11.6 Å². The molecule has 1 unspecified atom stereocenters. The third-order valence-corrected chi connectivity index (χ3v) is 3.10. The lowest BCUT2D eigenvalue weighted by molar-refractivity contribution is 0.408. The lowest BCUT2D eigenvalue weighted by Crippen LogP contribution is -2.40. The molecule has 1 aromatic rings. The minimum Gasteiger partial charge on any atom is -0.311 e. The molecule has 3 heteroatoms. The van der Waals surface area contributed by atoms with E-state index in [1.165, 1.54) is 5.56 Å². The Morgan fingerprint density at radius 2 is 1.72 bits per heavy atom. The maximum absolute atomic E-state index is 5.91. The minimum atomic E-state index is 0.184. The van der Waals surface area contributed by atoms with Gasteiger partial charge in [-0.2, -0.15) is 0 Å². The van der Waals surface area contributed by atoms with Gasteiger partial charge in [0, 0.05) is 29.7 Å². The SMILES string of the molecule is CCC(NCCNC(C)(C)C)c1ccc(Cl)cc1. The summed E-state index contributed by atoms with van der Waals surface area (Å²) in [6, 6.07) is 8.51. The summed E-state index contributed by atoms with van der Waals surface area (Å²) in [4.78, 5) is 0. The third-order valence-electron chi connectivity index (χ3n) is 2.85. The van der Waals surface area contributed by atoms with Crippen LogP contribution in [0.2, 0.25) is 5.02 Å². The summed E-state index contributed by atoms with van der Waals surface area (Å²) >= 11 is 5.91. The van der Waals surface area contributed by atoms with Crippen molar-refractivity contribution in [2.75, 3.05) is 13.1 Å². The molecule has 0 saturated carbocycles. The van der Waals surface area contributed by atoms with Gasteiger partial charge in [-0.25, -0.2) is 0 Å². The van der Waals surface area contributed by atoms with E-state index in [4.69, 9.17) is 11.6 Å². The number of nitrogens with one attached hydrogen (secondary N) is 2. The molecule has 0 bridgehead atoms. The lowest BCUT2D eigenvalue weighted by Gasteiger charge is -2.22. The van der Waals surface area contributed by atoms with Crippen molar-refractivity contribution in [3.8, 4) is 0 Å². The maximum Gasteiger partial charge on any atom is 0.0406 e. The summed E-state index contributed by atoms with van der Waals surface area (Å²) in [5, 5.41) is 7.84. The molecular formula is C15H25ClN2. The number of halogens is 1. The Hall–Kier alpha value is -0.570. The average molecular weight is 269 g/mol. The predicted octanol–water partition coefficient (Wildman–Crippen LogP) is 3.77. The Labute approximate surface area is 116 Å². The summed E-state index contributed by atoms with van der Waals surface area (Å²) in [7, 11) is 0. The van der Waals surface area contributed by atoms with Crippen molar-refractivity contribution in [3.63, 3.8) is 0 Å². The fourth-order valence-corrected chi connectivity index (χ4v) is 2.00. The zero-order chi connectivity index (χ0) is 13.6. The van der Waals surface area contributed by atoms with Gasteiger partial charge in [-0.3, -0.25) is 0 Å². The lowest BCUT2D eigenvalue weighted by atomic mass is 10.0. The summed E-state index contributed by atoms with van der Waals surface area (Å²) < 4.78 is 0. The van der Waals surface area contributed by atoms with Crippen molar-refractivity contribution in [2.24, 2.45) is 0 Å². The molecule has 1 rings (SSSR count). The van der Waals surface area contributed by atoms with Crippen molar-refractivity contribution in [3.05, 3.63) is 34.9 Å². The molecule has 1 aromatic carbocycles. The molecule has 102 valence electrons. The molecule has 0 aliphatic carbocycles. The Bertz CT molecular complexity index is 341. The van der Waals surface area contributed by atoms with E-state index in [1.807, 2.05) is 12.1 Å². The largest absolute Gasteiger partial charge is 0.311 e. The van der Waals surface area contributed by atoms with Crippen LogP contribution in [0.3, 0.4) is 0 Å². The van der Waals surface area contributed by atoms with Crippen molar-refractivity contribution in [2.45, 2.75) is 45.7 Å². The van der Waals surface area contributed by atoms with Gasteiger partial charge in [0.05, 0.1) is 0 Å². The second-order valence-corrected chi connectivity index (χ2v) is 6.08. The van der Waals surface area contributed by atoms with E-state index >= 15 is 0 Å². The zero-order valence-corrected chi connectivity index (χ0v) is 12.6. The van der Waals surface area contributed by atoms with Crippen LogP contribution in [0.25, 0.3) is 0 Å². The summed E-state index contributed by atoms with van der Waals surface area (Å²) in [6.07, 6.45) is 1.08. The highest BCUT2D eigenvalue weighted by molar-refractivity contribution is 6.30. The Morgan fingerprint density at radius 1 is 1.11 bits per heavy atom. The Morgan fingerprint density at radius 3 is 2.22 bits per heavy atom. The number of rotatable bonds is 6. The Kier molecular flexibility index (Phi) is 6.13. The molecule has 2 N–H and O–H groups in total. The smallest absolute Gasteiger partial charge is 0.0406 e. The second kappa shape index (κ2) is 7.13. The quantitative estimate of drug-likeness (QED) is 0.768. The molecule has 0 amide bonds. The molecule has 0 heterocycles. The fourth-order valence-electron chi connectivity index (χ4n) is 1.88. The van der Waals surface area contributed by atoms with Crippen LogP contribution in [0, 0.1) is 0 Å². The van der Waals surface area contributed by atoms with Crippen molar-refractivity contribution < 1.29 is 0 Å². The zero-order valence-electron chi connectivity index (χ0n) is 11.9. The molecule has 0 aliphatic heterocycles. The standard InChI is InChI=1S/C15H25ClN2/c1-5-14(12-6-8-13(16)9-7-12)17-10-11-18-15(2,3)4/h6-9,14,17-18H,5,10-11H2,1-4H3. The molecule has 0 spiro atoms. The van der Waals surface area contributed by atoms with Gasteiger partial charge in [0.2, 0.25) is 0 Å². The first-order valence-electron chi connectivity index (χ1n) is 6.66. The van der Waals surface area contributed by atoms with Crippen LogP contribution in [0.5, 0.6) is 0 Å². The van der Waals surface area contributed by atoms with Gasteiger partial charge in [-0.1, -0.05) is 30.7 Å². The first-order valence-corrected chi connectivity index (χ1v) is 7.04. The van der Waals surface area contributed by atoms with Gasteiger partial charge in [0.15, 0.2) is 0 Å². The second-order valence-electron chi connectivity index (χ2n) is 5.64. The van der Waals surface area contributed by atoms with Gasteiger partial charge in [0.1, 0.15) is 0 Å². The van der Waals surface area contributed by atoms with Gasteiger partial charge in [-0.15, -0.1) is 0 Å². The first kappa shape index (κ1) is 15.5. The van der Waals surface area contributed by atoms with Gasteiger partial charge >= 0.3 is 0 Å². The van der Waals surface area contributed by atoms with E-state index in [2.05, 4.69) is 50.5 Å². The first-order chi connectivity index (χ1) is 8.42. The monoisotopic (exact) mass is 268 g/mol.